The molecule has 0 heterocycles. The average Bonchev–Trinajstić information content (AvgIpc) is 2.84. The summed E-state index contributed by atoms with van der Waals surface area (Å²) in [4.78, 5) is 15.6. The number of hydrogen-bond acceptors (Lipinski definition) is 4. The van der Waals surface area contributed by atoms with E-state index in [1.807, 2.05) is 91.9 Å². The van der Waals surface area contributed by atoms with Crippen LogP contribution in [0.15, 0.2) is 84.9 Å². The van der Waals surface area contributed by atoms with Gasteiger partial charge in [0.1, 0.15) is 5.75 Å². The van der Waals surface area contributed by atoms with Crippen molar-refractivity contribution in [2.75, 3.05) is 25.7 Å². The maximum Gasteiger partial charge on any atom is 0.336 e. The van der Waals surface area contributed by atoms with E-state index in [1.165, 1.54) is 7.11 Å². The van der Waals surface area contributed by atoms with Crippen LogP contribution in [-0.4, -0.2) is 26.7 Å². The molecule has 0 aliphatic heterocycles. The van der Waals surface area contributed by atoms with Gasteiger partial charge < -0.3 is 14.4 Å². The molecule has 0 unspecified atom stereocenters. The summed E-state index contributed by atoms with van der Waals surface area (Å²) in [6.45, 7) is 4.71. The molecule has 0 radical (unpaired) electrons. The Morgan fingerprint density at radius 3 is 2.16 bits per heavy atom. The Hall–Kier alpha value is -3.53. The van der Waals surface area contributed by atoms with Gasteiger partial charge >= 0.3 is 5.97 Å². The first-order chi connectivity index (χ1) is 15.5. The van der Waals surface area contributed by atoms with Crippen molar-refractivity contribution in [1.82, 2.24) is 0 Å². The largest absolute Gasteiger partial charge is 0.497 e. The van der Waals surface area contributed by atoms with Crippen molar-refractivity contribution >= 4 is 17.7 Å². The van der Waals surface area contributed by atoms with Gasteiger partial charge in [-0.15, -0.1) is 0 Å². The van der Waals surface area contributed by atoms with Crippen molar-refractivity contribution in [2.24, 2.45) is 0 Å². The minimum Gasteiger partial charge on any atom is -0.497 e. The molecule has 0 saturated carbocycles. The highest BCUT2D eigenvalue weighted by atomic mass is 16.5. The van der Waals surface area contributed by atoms with Gasteiger partial charge in [0.05, 0.1) is 14.2 Å². The summed E-state index contributed by atoms with van der Waals surface area (Å²) in [6, 6.07) is 26.0. The van der Waals surface area contributed by atoms with E-state index in [-0.39, 0.29) is 5.97 Å². The monoisotopic (exact) mass is 429 g/mol. The Morgan fingerprint density at radius 2 is 1.59 bits per heavy atom. The first-order valence-corrected chi connectivity index (χ1v) is 10.8. The predicted molar refractivity (Wildman–Crippen MR) is 131 cm³/mol. The molecule has 0 spiro atoms. The van der Waals surface area contributed by atoms with Gasteiger partial charge in [-0.2, -0.15) is 0 Å². The van der Waals surface area contributed by atoms with E-state index in [0.29, 0.717) is 13.0 Å². The second-order valence-electron chi connectivity index (χ2n) is 7.68. The molecule has 4 heteroatoms. The van der Waals surface area contributed by atoms with Crippen LogP contribution in [0.2, 0.25) is 0 Å². The lowest BCUT2D eigenvalue weighted by Gasteiger charge is -2.42. The molecule has 32 heavy (non-hydrogen) atoms. The number of esters is 1. The number of rotatable bonds is 9. The number of carbonyl (C=O) groups excluding carboxylic acids is 1. The Morgan fingerprint density at radius 1 is 0.938 bits per heavy atom. The topological polar surface area (TPSA) is 38.8 Å². The van der Waals surface area contributed by atoms with Crippen molar-refractivity contribution in [3.63, 3.8) is 0 Å². The van der Waals surface area contributed by atoms with E-state index in [0.717, 1.165) is 28.1 Å². The highest BCUT2D eigenvalue weighted by molar-refractivity contribution is 5.87. The third-order valence-corrected chi connectivity index (χ3v) is 5.74. The molecule has 0 aliphatic carbocycles. The lowest BCUT2D eigenvalue weighted by Crippen LogP contribution is -2.53. The standard InChI is InChI=1S/C28H31NO3/c1-5-29(25-17-19-26(31-3)20-18-25)28(27(30)32-4,24-15-13-22(2)14-16-24)21-9-12-23-10-7-6-8-11-23/h6-20H,5,21H2,1-4H3/b12-9+/t28-/m0/s1. The number of carbonyl (C=O) groups is 1. The van der Waals surface area contributed by atoms with Crippen LogP contribution >= 0.6 is 0 Å². The number of nitrogens with zero attached hydrogens (tertiary/aromatic N) is 1. The minimum absolute atomic E-state index is 0.295. The fraction of sp³-hybridized carbons (Fsp3) is 0.250. The molecule has 3 rings (SSSR count). The van der Waals surface area contributed by atoms with Gasteiger partial charge in [0.2, 0.25) is 0 Å². The number of likely N-dealkylation sites (N-methyl/N-ethyl adjacent to an activating group) is 1. The van der Waals surface area contributed by atoms with Crippen LogP contribution in [0, 0.1) is 6.92 Å². The number of benzene rings is 3. The molecule has 0 aliphatic rings. The van der Waals surface area contributed by atoms with Crippen LogP contribution in [0.25, 0.3) is 6.08 Å². The van der Waals surface area contributed by atoms with Crippen LogP contribution in [0.5, 0.6) is 5.75 Å². The first-order valence-electron chi connectivity index (χ1n) is 10.8. The Balaban J connectivity index is 2.14. The first kappa shape index (κ1) is 23.1. The summed E-state index contributed by atoms with van der Waals surface area (Å²) in [7, 11) is 3.10. The summed E-state index contributed by atoms with van der Waals surface area (Å²) in [5.41, 5.74) is 3.03. The number of ether oxygens (including phenoxy) is 2. The van der Waals surface area contributed by atoms with Crippen LogP contribution in [-0.2, 0) is 15.1 Å². The number of hydrogen-bond donors (Lipinski definition) is 0. The van der Waals surface area contributed by atoms with Gasteiger partial charge in [0, 0.05) is 18.7 Å². The van der Waals surface area contributed by atoms with Gasteiger partial charge in [-0.05, 0) is 49.2 Å². The minimum atomic E-state index is -1.02. The molecule has 0 N–H and O–H groups in total. The lowest BCUT2D eigenvalue weighted by atomic mass is 9.83. The smallest absolute Gasteiger partial charge is 0.336 e. The molecule has 4 nitrogen and oxygen atoms in total. The number of aryl methyl sites for hydroxylation is 1. The van der Waals surface area contributed by atoms with E-state index in [9.17, 15) is 4.79 Å². The van der Waals surface area contributed by atoms with E-state index in [4.69, 9.17) is 9.47 Å². The van der Waals surface area contributed by atoms with E-state index in [1.54, 1.807) is 7.11 Å². The molecule has 1 atom stereocenters. The zero-order valence-electron chi connectivity index (χ0n) is 19.2. The maximum atomic E-state index is 13.5. The Bertz CT molecular complexity index is 1030. The zero-order valence-corrected chi connectivity index (χ0v) is 19.2. The predicted octanol–water partition coefficient (Wildman–Crippen LogP) is 6.00. The normalized spacial score (nSPS) is 12.9. The van der Waals surface area contributed by atoms with Crippen molar-refractivity contribution in [3.05, 3.63) is 102 Å². The van der Waals surface area contributed by atoms with Crippen molar-refractivity contribution < 1.29 is 14.3 Å². The molecule has 3 aromatic rings. The van der Waals surface area contributed by atoms with Gasteiger partial charge in [0.25, 0.3) is 0 Å². The second-order valence-corrected chi connectivity index (χ2v) is 7.68. The van der Waals surface area contributed by atoms with Gasteiger partial charge in [-0.25, -0.2) is 4.79 Å². The SMILES string of the molecule is CCN(c1ccc(OC)cc1)[C@](C/C=C/c1ccccc1)(C(=O)OC)c1ccc(C)cc1. The van der Waals surface area contributed by atoms with E-state index >= 15 is 0 Å². The highest BCUT2D eigenvalue weighted by Gasteiger charge is 2.45. The fourth-order valence-corrected chi connectivity index (χ4v) is 4.06. The molecule has 166 valence electrons. The Kier molecular flexibility index (Phi) is 7.72. The third-order valence-electron chi connectivity index (χ3n) is 5.74. The molecular weight excluding hydrogens is 398 g/mol. The summed E-state index contributed by atoms with van der Waals surface area (Å²) in [6.07, 6.45) is 4.56. The molecule has 0 amide bonds. The summed E-state index contributed by atoms with van der Waals surface area (Å²) < 4.78 is 10.7. The Labute approximate surface area is 191 Å². The van der Waals surface area contributed by atoms with Crippen LogP contribution in [0.3, 0.4) is 0 Å². The zero-order chi connectivity index (χ0) is 23.0. The molecule has 3 aromatic carbocycles. The second kappa shape index (κ2) is 10.7. The average molecular weight is 430 g/mol. The van der Waals surface area contributed by atoms with Gasteiger partial charge in [0.15, 0.2) is 5.54 Å². The maximum absolute atomic E-state index is 13.5. The van der Waals surface area contributed by atoms with Gasteiger partial charge in [-0.3, -0.25) is 0 Å². The molecule has 0 saturated heterocycles. The fourth-order valence-electron chi connectivity index (χ4n) is 4.06. The summed E-state index contributed by atoms with van der Waals surface area (Å²) in [5.74, 6) is 0.476. The highest BCUT2D eigenvalue weighted by Crippen LogP contribution is 2.39. The molecule has 0 bridgehead atoms. The summed E-state index contributed by atoms with van der Waals surface area (Å²) >= 11 is 0. The van der Waals surface area contributed by atoms with Crippen LogP contribution in [0.1, 0.15) is 30.0 Å². The van der Waals surface area contributed by atoms with Crippen molar-refractivity contribution in [3.8, 4) is 5.75 Å². The lowest BCUT2D eigenvalue weighted by molar-refractivity contribution is -0.147. The van der Waals surface area contributed by atoms with Crippen LogP contribution < -0.4 is 9.64 Å². The van der Waals surface area contributed by atoms with Gasteiger partial charge in [-0.1, -0.05) is 72.3 Å². The number of methoxy groups -OCH3 is 2. The van der Waals surface area contributed by atoms with Crippen molar-refractivity contribution in [1.29, 1.82) is 0 Å². The van der Waals surface area contributed by atoms with Crippen molar-refractivity contribution in [2.45, 2.75) is 25.8 Å². The van der Waals surface area contributed by atoms with E-state index < -0.39 is 5.54 Å². The van der Waals surface area contributed by atoms with E-state index in [2.05, 4.69) is 17.9 Å². The number of anilines is 1. The quantitative estimate of drug-likeness (QED) is 0.391. The van der Waals surface area contributed by atoms with Crippen LogP contribution in [0.4, 0.5) is 5.69 Å². The molecular formula is C28H31NO3. The summed E-state index contributed by atoms with van der Waals surface area (Å²) in [5, 5.41) is 0. The molecule has 0 fully saturated rings. The molecule has 0 aromatic heterocycles. The third kappa shape index (κ3) is 4.86.